The van der Waals surface area contributed by atoms with Crippen molar-refractivity contribution in [1.29, 1.82) is 0 Å². The van der Waals surface area contributed by atoms with Gasteiger partial charge in [0.25, 0.3) is 0 Å². The Hall–Kier alpha value is -0.670. The third kappa shape index (κ3) is 2.93. The molecule has 1 atom stereocenters. The van der Waals surface area contributed by atoms with Crippen molar-refractivity contribution in [1.82, 2.24) is 0 Å². The van der Waals surface area contributed by atoms with Crippen molar-refractivity contribution in [2.24, 2.45) is 5.73 Å². The highest BCUT2D eigenvalue weighted by Gasteiger charge is 2.29. The Kier molecular flexibility index (Phi) is 3.84. The molecular weight excluding hydrogens is 201 g/mol. The van der Waals surface area contributed by atoms with Gasteiger partial charge in [-0.3, -0.25) is 4.57 Å². The van der Waals surface area contributed by atoms with Gasteiger partial charge < -0.3 is 15.5 Å². The van der Waals surface area contributed by atoms with Crippen molar-refractivity contribution in [3.05, 3.63) is 35.9 Å². The molecule has 0 aliphatic carbocycles. The van der Waals surface area contributed by atoms with E-state index in [0.717, 1.165) is 0 Å². The maximum Gasteiger partial charge on any atom is 0.333 e. The van der Waals surface area contributed by atoms with Gasteiger partial charge in [0, 0.05) is 0 Å². The van der Waals surface area contributed by atoms with E-state index in [4.69, 9.17) is 15.5 Å². The van der Waals surface area contributed by atoms with E-state index in [1.54, 1.807) is 24.3 Å². The quantitative estimate of drug-likeness (QED) is 0.660. The van der Waals surface area contributed by atoms with Crippen LogP contribution in [-0.2, 0) is 4.57 Å². The van der Waals surface area contributed by atoms with Gasteiger partial charge in [-0.2, -0.15) is 0 Å². The van der Waals surface area contributed by atoms with Crippen LogP contribution in [0.5, 0.6) is 0 Å². The summed E-state index contributed by atoms with van der Waals surface area (Å²) in [5, 5.41) is 0. The van der Waals surface area contributed by atoms with Gasteiger partial charge in [-0.05, 0) is 18.5 Å². The van der Waals surface area contributed by atoms with Crippen LogP contribution in [0.3, 0.4) is 0 Å². The maximum atomic E-state index is 11.2. The highest BCUT2D eigenvalue weighted by molar-refractivity contribution is 7.52. The molecule has 0 aliphatic heterocycles. The summed E-state index contributed by atoms with van der Waals surface area (Å²) in [7, 11) is -4.09. The summed E-state index contributed by atoms with van der Waals surface area (Å²) < 4.78 is 11.2. The first-order chi connectivity index (χ1) is 6.55. The minimum atomic E-state index is -4.09. The minimum Gasteiger partial charge on any atom is -0.330 e. The number of hydrogen-bond donors (Lipinski definition) is 3. The summed E-state index contributed by atoms with van der Waals surface area (Å²) >= 11 is 0. The van der Waals surface area contributed by atoms with Crippen LogP contribution >= 0.6 is 7.60 Å². The lowest BCUT2D eigenvalue weighted by Crippen LogP contribution is -2.07. The maximum absolute atomic E-state index is 11.2. The third-order valence-electron chi connectivity index (χ3n) is 2.03. The molecule has 4 N–H and O–H groups in total. The smallest absolute Gasteiger partial charge is 0.330 e. The first-order valence-corrected chi connectivity index (χ1v) is 6.04. The van der Waals surface area contributed by atoms with Gasteiger partial charge in [0.1, 0.15) is 0 Å². The Labute approximate surface area is 82.9 Å². The summed E-state index contributed by atoms with van der Waals surface area (Å²) in [5.41, 5.74) is 5.20. The van der Waals surface area contributed by atoms with Gasteiger partial charge in [-0.15, -0.1) is 0 Å². The van der Waals surface area contributed by atoms with Gasteiger partial charge in [0.05, 0.1) is 5.66 Å². The Bertz CT molecular complexity index is 322. The average Bonchev–Trinajstić information content (AvgIpc) is 2.14. The molecule has 1 aromatic carbocycles. The molecule has 78 valence electrons. The van der Waals surface area contributed by atoms with Crippen LogP contribution in [0.4, 0.5) is 0 Å². The van der Waals surface area contributed by atoms with Crippen molar-refractivity contribution >= 4 is 7.60 Å². The van der Waals surface area contributed by atoms with Crippen LogP contribution in [0, 0.1) is 0 Å². The van der Waals surface area contributed by atoms with E-state index in [2.05, 4.69) is 0 Å². The number of nitrogens with two attached hydrogens (primary N) is 1. The van der Waals surface area contributed by atoms with Gasteiger partial charge in [-0.1, -0.05) is 30.3 Å². The highest BCUT2D eigenvalue weighted by Crippen LogP contribution is 2.53. The molecule has 0 fully saturated rings. The second-order valence-electron chi connectivity index (χ2n) is 3.09. The van der Waals surface area contributed by atoms with Crippen LogP contribution in [0.1, 0.15) is 17.6 Å². The molecule has 5 heteroatoms. The Morgan fingerprint density at radius 3 is 2.29 bits per heavy atom. The lowest BCUT2D eigenvalue weighted by molar-refractivity contribution is 0.356. The minimum absolute atomic E-state index is 0.269. The van der Waals surface area contributed by atoms with Gasteiger partial charge >= 0.3 is 7.60 Å². The van der Waals surface area contributed by atoms with Crippen LogP contribution in [-0.4, -0.2) is 16.3 Å². The molecule has 0 aliphatic rings. The zero-order chi connectivity index (χ0) is 10.6. The van der Waals surface area contributed by atoms with Gasteiger partial charge in [-0.25, -0.2) is 0 Å². The van der Waals surface area contributed by atoms with E-state index in [-0.39, 0.29) is 6.54 Å². The molecule has 1 aromatic rings. The first kappa shape index (κ1) is 11.4. The number of hydrogen-bond acceptors (Lipinski definition) is 2. The average molecular weight is 215 g/mol. The van der Waals surface area contributed by atoms with E-state index >= 15 is 0 Å². The second kappa shape index (κ2) is 4.71. The van der Waals surface area contributed by atoms with Crippen molar-refractivity contribution in [2.75, 3.05) is 6.54 Å². The van der Waals surface area contributed by atoms with Crippen molar-refractivity contribution in [2.45, 2.75) is 12.1 Å². The summed E-state index contributed by atoms with van der Waals surface area (Å²) in [6, 6.07) is 8.74. The molecule has 0 aromatic heterocycles. The molecule has 0 saturated heterocycles. The summed E-state index contributed by atoms with van der Waals surface area (Å²) in [6.45, 7) is 0.269. The second-order valence-corrected chi connectivity index (χ2v) is 4.89. The fourth-order valence-corrected chi connectivity index (χ4v) is 2.41. The lowest BCUT2D eigenvalue weighted by atomic mass is 10.1. The molecular formula is C9H14NO3P. The molecule has 0 saturated carbocycles. The Morgan fingerprint density at radius 2 is 1.86 bits per heavy atom. The van der Waals surface area contributed by atoms with Crippen LogP contribution in [0.15, 0.2) is 30.3 Å². The first-order valence-electron chi connectivity index (χ1n) is 4.36. The molecule has 0 radical (unpaired) electrons. The molecule has 0 amide bonds. The van der Waals surface area contributed by atoms with Crippen molar-refractivity contribution < 1.29 is 14.4 Å². The van der Waals surface area contributed by atoms with E-state index in [9.17, 15) is 4.57 Å². The molecule has 4 nitrogen and oxygen atoms in total. The summed E-state index contributed by atoms with van der Waals surface area (Å²) in [5.74, 6) is 0. The molecule has 1 rings (SSSR count). The van der Waals surface area contributed by atoms with Crippen LogP contribution < -0.4 is 5.73 Å². The normalized spacial score (nSPS) is 13.9. The van der Waals surface area contributed by atoms with Crippen LogP contribution in [0.2, 0.25) is 0 Å². The third-order valence-corrected chi connectivity index (χ3v) is 3.40. The number of rotatable bonds is 4. The largest absolute Gasteiger partial charge is 0.333 e. The fourth-order valence-electron chi connectivity index (χ4n) is 1.36. The molecule has 14 heavy (non-hydrogen) atoms. The lowest BCUT2D eigenvalue weighted by Gasteiger charge is -2.17. The van der Waals surface area contributed by atoms with Crippen LogP contribution in [0.25, 0.3) is 0 Å². The fraction of sp³-hybridized carbons (Fsp3) is 0.333. The Morgan fingerprint density at radius 1 is 1.29 bits per heavy atom. The zero-order valence-corrected chi connectivity index (χ0v) is 8.60. The van der Waals surface area contributed by atoms with E-state index < -0.39 is 13.3 Å². The van der Waals surface area contributed by atoms with E-state index in [0.29, 0.717) is 12.0 Å². The van der Waals surface area contributed by atoms with Crippen molar-refractivity contribution in [3.8, 4) is 0 Å². The monoisotopic (exact) mass is 215 g/mol. The topological polar surface area (TPSA) is 83.6 Å². The Balaban J connectivity index is 2.95. The molecule has 0 bridgehead atoms. The molecule has 1 unspecified atom stereocenters. The highest BCUT2D eigenvalue weighted by atomic mass is 31.2. The number of benzene rings is 1. The van der Waals surface area contributed by atoms with E-state index in [1.807, 2.05) is 6.07 Å². The summed E-state index contributed by atoms with van der Waals surface area (Å²) in [4.78, 5) is 18.2. The molecule has 0 heterocycles. The van der Waals surface area contributed by atoms with E-state index in [1.165, 1.54) is 0 Å². The predicted molar refractivity (Wildman–Crippen MR) is 54.9 cm³/mol. The summed E-state index contributed by atoms with van der Waals surface area (Å²) in [6.07, 6.45) is 0.300. The predicted octanol–water partition coefficient (Wildman–Crippen LogP) is 1.25. The van der Waals surface area contributed by atoms with Gasteiger partial charge in [0.2, 0.25) is 0 Å². The van der Waals surface area contributed by atoms with Gasteiger partial charge in [0.15, 0.2) is 0 Å². The zero-order valence-electron chi connectivity index (χ0n) is 7.71. The molecule has 0 spiro atoms. The SMILES string of the molecule is NCCC(c1ccccc1)P(=O)(O)O. The standard InChI is InChI=1S/C9H14NO3P/c10-7-6-9(14(11,12)13)8-4-2-1-3-5-8/h1-5,9H,6-7,10H2,(H2,11,12,13). The van der Waals surface area contributed by atoms with Crippen molar-refractivity contribution in [3.63, 3.8) is 0 Å².